The molecular weight excluding hydrogens is 212 g/mol. The van der Waals surface area contributed by atoms with Gasteiger partial charge in [0.15, 0.2) is 0 Å². The molecule has 76 valence electrons. The number of rotatable bonds is 2. The molecule has 0 aliphatic rings. The maximum atomic E-state index is 10.6. The molecule has 2 aromatic rings. The second-order valence-electron chi connectivity index (χ2n) is 3.12. The van der Waals surface area contributed by atoms with Crippen LogP contribution < -0.4 is 0 Å². The Morgan fingerprint density at radius 1 is 1.47 bits per heavy atom. The molecule has 2 rings (SSSR count). The first-order chi connectivity index (χ1) is 7.18. The van der Waals surface area contributed by atoms with Gasteiger partial charge in [0.2, 0.25) is 0 Å². The SMILES string of the molecule is Cc1ccc([N+](=O)[O-])cc1-c1cncs1. The smallest absolute Gasteiger partial charge is 0.258 e. The summed E-state index contributed by atoms with van der Waals surface area (Å²) < 4.78 is 0. The van der Waals surface area contributed by atoms with Gasteiger partial charge in [-0.1, -0.05) is 6.07 Å². The van der Waals surface area contributed by atoms with E-state index in [4.69, 9.17) is 0 Å². The molecule has 15 heavy (non-hydrogen) atoms. The van der Waals surface area contributed by atoms with Gasteiger partial charge in [0.1, 0.15) is 0 Å². The fourth-order valence-corrected chi connectivity index (χ4v) is 2.04. The lowest BCUT2D eigenvalue weighted by Crippen LogP contribution is -1.89. The van der Waals surface area contributed by atoms with Gasteiger partial charge >= 0.3 is 0 Å². The predicted molar refractivity (Wildman–Crippen MR) is 58.9 cm³/mol. The van der Waals surface area contributed by atoms with Crippen molar-refractivity contribution in [3.05, 3.63) is 45.6 Å². The highest BCUT2D eigenvalue weighted by atomic mass is 32.1. The Bertz CT molecular complexity index is 494. The van der Waals surface area contributed by atoms with E-state index in [1.54, 1.807) is 23.8 Å². The Kier molecular flexibility index (Phi) is 2.47. The van der Waals surface area contributed by atoms with Gasteiger partial charge in [-0.15, -0.1) is 11.3 Å². The minimum absolute atomic E-state index is 0.115. The summed E-state index contributed by atoms with van der Waals surface area (Å²) in [6.07, 6.45) is 1.72. The average molecular weight is 220 g/mol. The van der Waals surface area contributed by atoms with E-state index in [-0.39, 0.29) is 10.6 Å². The third-order valence-corrected chi connectivity index (χ3v) is 2.94. The Morgan fingerprint density at radius 3 is 2.87 bits per heavy atom. The summed E-state index contributed by atoms with van der Waals surface area (Å²) in [5.41, 5.74) is 3.73. The molecule has 1 aromatic carbocycles. The van der Waals surface area contributed by atoms with Crippen LogP contribution in [0.3, 0.4) is 0 Å². The zero-order chi connectivity index (χ0) is 10.8. The molecule has 5 heteroatoms. The number of non-ortho nitro benzene ring substituents is 1. The van der Waals surface area contributed by atoms with Gasteiger partial charge in [-0.2, -0.15) is 0 Å². The zero-order valence-electron chi connectivity index (χ0n) is 8.01. The molecule has 0 aliphatic carbocycles. The van der Waals surface area contributed by atoms with Crippen molar-refractivity contribution in [1.82, 2.24) is 4.98 Å². The van der Waals surface area contributed by atoms with E-state index in [0.717, 1.165) is 16.0 Å². The number of aryl methyl sites for hydroxylation is 1. The van der Waals surface area contributed by atoms with Gasteiger partial charge in [0.25, 0.3) is 5.69 Å². The van der Waals surface area contributed by atoms with Gasteiger partial charge in [0, 0.05) is 23.9 Å². The van der Waals surface area contributed by atoms with Gasteiger partial charge < -0.3 is 0 Å². The lowest BCUT2D eigenvalue weighted by atomic mass is 10.1. The van der Waals surface area contributed by atoms with Crippen molar-refractivity contribution in [3.63, 3.8) is 0 Å². The normalized spacial score (nSPS) is 10.2. The summed E-state index contributed by atoms with van der Waals surface area (Å²) >= 11 is 1.48. The van der Waals surface area contributed by atoms with Crippen LogP contribution in [0.4, 0.5) is 5.69 Å². The van der Waals surface area contributed by atoms with Crippen LogP contribution in [-0.2, 0) is 0 Å². The summed E-state index contributed by atoms with van der Waals surface area (Å²) in [6, 6.07) is 4.86. The van der Waals surface area contributed by atoms with Crippen molar-refractivity contribution in [2.75, 3.05) is 0 Å². The predicted octanol–water partition coefficient (Wildman–Crippen LogP) is 3.03. The molecular formula is C10H8N2O2S. The van der Waals surface area contributed by atoms with Crippen molar-refractivity contribution in [2.45, 2.75) is 6.92 Å². The molecule has 0 amide bonds. The number of thiazole rings is 1. The van der Waals surface area contributed by atoms with Gasteiger partial charge in [-0.05, 0) is 12.5 Å². The summed E-state index contributed by atoms with van der Waals surface area (Å²) in [4.78, 5) is 15.2. The minimum Gasteiger partial charge on any atom is -0.258 e. The van der Waals surface area contributed by atoms with Crippen LogP contribution in [0.25, 0.3) is 10.4 Å². The second-order valence-corrected chi connectivity index (χ2v) is 4.01. The van der Waals surface area contributed by atoms with E-state index in [1.165, 1.54) is 17.4 Å². The molecule has 0 fully saturated rings. The fourth-order valence-electron chi connectivity index (χ4n) is 1.34. The van der Waals surface area contributed by atoms with E-state index < -0.39 is 0 Å². The molecule has 0 unspecified atom stereocenters. The Hall–Kier alpha value is -1.75. The molecule has 0 spiro atoms. The van der Waals surface area contributed by atoms with E-state index in [2.05, 4.69) is 4.98 Å². The standard InChI is InChI=1S/C10H8N2O2S/c1-7-2-3-8(12(13)14)4-9(7)10-5-11-6-15-10/h2-6H,1H3. The molecule has 0 aliphatic heterocycles. The number of nitro groups is 1. The number of aromatic nitrogens is 1. The largest absolute Gasteiger partial charge is 0.270 e. The Balaban J connectivity index is 2.55. The first kappa shape index (κ1) is 9.79. The second kappa shape index (κ2) is 3.78. The van der Waals surface area contributed by atoms with E-state index in [1.807, 2.05) is 6.92 Å². The average Bonchev–Trinajstić information content (AvgIpc) is 2.71. The lowest BCUT2D eigenvalue weighted by molar-refractivity contribution is -0.384. The maximum Gasteiger partial charge on any atom is 0.270 e. The third kappa shape index (κ3) is 1.87. The first-order valence-corrected chi connectivity index (χ1v) is 5.20. The highest BCUT2D eigenvalue weighted by molar-refractivity contribution is 7.13. The van der Waals surface area contributed by atoms with E-state index in [0.29, 0.717) is 0 Å². The molecule has 1 aromatic heterocycles. The lowest BCUT2D eigenvalue weighted by Gasteiger charge is -2.01. The molecule has 0 bridgehead atoms. The first-order valence-electron chi connectivity index (χ1n) is 4.32. The van der Waals surface area contributed by atoms with Crippen molar-refractivity contribution < 1.29 is 4.92 Å². The summed E-state index contributed by atoms with van der Waals surface area (Å²) in [5.74, 6) is 0. The van der Waals surface area contributed by atoms with E-state index in [9.17, 15) is 10.1 Å². The topological polar surface area (TPSA) is 56.0 Å². The van der Waals surface area contributed by atoms with Crippen molar-refractivity contribution in [1.29, 1.82) is 0 Å². The number of benzene rings is 1. The fraction of sp³-hybridized carbons (Fsp3) is 0.100. The number of hydrogen-bond acceptors (Lipinski definition) is 4. The highest BCUT2D eigenvalue weighted by Gasteiger charge is 2.10. The van der Waals surface area contributed by atoms with Crippen LogP contribution in [0.1, 0.15) is 5.56 Å². The monoisotopic (exact) mass is 220 g/mol. The van der Waals surface area contributed by atoms with Gasteiger partial charge in [-0.25, -0.2) is 0 Å². The van der Waals surface area contributed by atoms with Gasteiger partial charge in [0.05, 0.1) is 15.3 Å². The van der Waals surface area contributed by atoms with E-state index >= 15 is 0 Å². The number of nitro benzene ring substituents is 1. The molecule has 1 heterocycles. The summed E-state index contributed by atoms with van der Waals surface area (Å²) in [6.45, 7) is 1.93. The number of nitrogens with zero attached hydrogens (tertiary/aromatic N) is 2. The molecule has 0 saturated heterocycles. The van der Waals surface area contributed by atoms with Crippen LogP contribution in [0.2, 0.25) is 0 Å². The van der Waals surface area contributed by atoms with Crippen LogP contribution in [0.5, 0.6) is 0 Å². The molecule has 4 nitrogen and oxygen atoms in total. The quantitative estimate of drug-likeness (QED) is 0.577. The minimum atomic E-state index is -0.385. The highest BCUT2D eigenvalue weighted by Crippen LogP contribution is 2.29. The number of hydrogen-bond donors (Lipinski definition) is 0. The van der Waals surface area contributed by atoms with Gasteiger partial charge in [-0.3, -0.25) is 15.1 Å². The Morgan fingerprint density at radius 2 is 2.27 bits per heavy atom. The molecule has 0 N–H and O–H groups in total. The summed E-state index contributed by atoms with van der Waals surface area (Å²) in [7, 11) is 0. The van der Waals surface area contributed by atoms with Crippen LogP contribution in [0, 0.1) is 17.0 Å². The van der Waals surface area contributed by atoms with Crippen LogP contribution in [0.15, 0.2) is 29.9 Å². The zero-order valence-corrected chi connectivity index (χ0v) is 8.82. The summed E-state index contributed by atoms with van der Waals surface area (Å²) in [5, 5.41) is 10.6. The van der Waals surface area contributed by atoms with Crippen molar-refractivity contribution in [2.24, 2.45) is 0 Å². The van der Waals surface area contributed by atoms with Crippen molar-refractivity contribution >= 4 is 17.0 Å². The third-order valence-electron chi connectivity index (χ3n) is 2.13. The molecule has 0 saturated carbocycles. The molecule has 0 atom stereocenters. The van der Waals surface area contributed by atoms with Crippen LogP contribution >= 0.6 is 11.3 Å². The molecule has 0 radical (unpaired) electrons. The van der Waals surface area contributed by atoms with Crippen LogP contribution in [-0.4, -0.2) is 9.91 Å². The Labute approximate surface area is 90.4 Å². The maximum absolute atomic E-state index is 10.6. The van der Waals surface area contributed by atoms with Crippen molar-refractivity contribution in [3.8, 4) is 10.4 Å².